The standard InChI is InChI=1S/C24H26N4O/c1-16-18(3)28(14-19-8-6-5-7-9-19)23-11-10-20(12-22(16)23)24(29)25-13-21-15-27(4)26-17(21)2/h5-12,15H,13-14H2,1-4H3,(H,25,29). The number of hydrogen-bond donors (Lipinski definition) is 1. The van der Waals surface area contributed by atoms with Crippen molar-refractivity contribution in [3.8, 4) is 0 Å². The van der Waals surface area contributed by atoms with Crippen LogP contribution in [0.4, 0.5) is 0 Å². The van der Waals surface area contributed by atoms with Crippen molar-refractivity contribution in [3.05, 3.63) is 88.4 Å². The molecule has 0 atom stereocenters. The van der Waals surface area contributed by atoms with Gasteiger partial charge in [0.2, 0.25) is 0 Å². The third kappa shape index (κ3) is 3.68. The predicted octanol–water partition coefficient (Wildman–Crippen LogP) is 4.28. The molecule has 0 aliphatic heterocycles. The van der Waals surface area contributed by atoms with Crippen LogP contribution in [0.25, 0.3) is 10.9 Å². The lowest BCUT2D eigenvalue weighted by Gasteiger charge is -2.09. The quantitative estimate of drug-likeness (QED) is 0.557. The summed E-state index contributed by atoms with van der Waals surface area (Å²) < 4.78 is 4.09. The van der Waals surface area contributed by atoms with Crippen molar-refractivity contribution in [1.29, 1.82) is 0 Å². The van der Waals surface area contributed by atoms with Crippen LogP contribution in [0.3, 0.4) is 0 Å². The average Bonchev–Trinajstić information content (AvgIpc) is 3.17. The predicted molar refractivity (Wildman–Crippen MR) is 116 cm³/mol. The zero-order valence-electron chi connectivity index (χ0n) is 17.4. The molecule has 2 aromatic heterocycles. The van der Waals surface area contributed by atoms with Gasteiger partial charge >= 0.3 is 0 Å². The molecule has 2 aromatic carbocycles. The highest BCUT2D eigenvalue weighted by atomic mass is 16.1. The van der Waals surface area contributed by atoms with E-state index in [9.17, 15) is 4.79 Å². The van der Waals surface area contributed by atoms with Gasteiger partial charge in [0, 0.05) is 54.1 Å². The van der Waals surface area contributed by atoms with E-state index in [0.29, 0.717) is 12.1 Å². The molecule has 29 heavy (non-hydrogen) atoms. The van der Waals surface area contributed by atoms with Crippen LogP contribution < -0.4 is 5.32 Å². The number of rotatable bonds is 5. The Kier molecular flexibility index (Phi) is 4.97. The summed E-state index contributed by atoms with van der Waals surface area (Å²) >= 11 is 0. The number of benzene rings is 2. The van der Waals surface area contributed by atoms with Gasteiger partial charge in [0.05, 0.1) is 5.69 Å². The van der Waals surface area contributed by atoms with Gasteiger partial charge in [-0.1, -0.05) is 30.3 Å². The summed E-state index contributed by atoms with van der Waals surface area (Å²) in [6.07, 6.45) is 1.94. The van der Waals surface area contributed by atoms with Crippen LogP contribution in [0.15, 0.2) is 54.7 Å². The molecule has 1 N–H and O–H groups in total. The van der Waals surface area contributed by atoms with Crippen molar-refractivity contribution in [2.75, 3.05) is 0 Å². The second kappa shape index (κ2) is 7.59. The van der Waals surface area contributed by atoms with Crippen LogP contribution >= 0.6 is 0 Å². The minimum absolute atomic E-state index is 0.0667. The Bertz CT molecular complexity index is 1180. The monoisotopic (exact) mass is 386 g/mol. The van der Waals surface area contributed by atoms with E-state index in [1.807, 2.05) is 38.4 Å². The molecule has 5 nitrogen and oxygen atoms in total. The Morgan fingerprint density at radius 3 is 2.52 bits per heavy atom. The van der Waals surface area contributed by atoms with Crippen LogP contribution in [0.1, 0.15) is 38.4 Å². The molecule has 0 aliphatic carbocycles. The largest absolute Gasteiger partial charge is 0.348 e. The molecule has 2 heterocycles. The molecule has 0 bridgehead atoms. The van der Waals surface area contributed by atoms with Gasteiger partial charge in [0.1, 0.15) is 0 Å². The second-order valence-corrected chi connectivity index (χ2v) is 7.61. The fourth-order valence-corrected chi connectivity index (χ4v) is 3.86. The first-order chi connectivity index (χ1) is 13.9. The molecular formula is C24H26N4O. The number of nitrogens with one attached hydrogen (secondary N) is 1. The summed E-state index contributed by atoms with van der Waals surface area (Å²) in [6, 6.07) is 16.4. The van der Waals surface area contributed by atoms with Gasteiger partial charge in [-0.3, -0.25) is 9.48 Å². The fraction of sp³-hybridized carbons (Fsp3) is 0.250. The van der Waals surface area contributed by atoms with E-state index in [0.717, 1.165) is 28.7 Å². The zero-order chi connectivity index (χ0) is 20.5. The molecule has 5 heteroatoms. The Labute approximate surface area is 171 Å². The molecule has 0 unspecified atom stereocenters. The lowest BCUT2D eigenvalue weighted by molar-refractivity contribution is 0.0951. The van der Waals surface area contributed by atoms with Crippen molar-refractivity contribution >= 4 is 16.8 Å². The van der Waals surface area contributed by atoms with Gasteiger partial charge < -0.3 is 9.88 Å². The molecule has 1 amide bonds. The van der Waals surface area contributed by atoms with Gasteiger partial charge in [0.25, 0.3) is 5.91 Å². The number of aromatic nitrogens is 3. The maximum atomic E-state index is 12.7. The number of nitrogens with zero attached hydrogens (tertiary/aromatic N) is 3. The smallest absolute Gasteiger partial charge is 0.251 e. The van der Waals surface area contributed by atoms with Crippen molar-refractivity contribution in [1.82, 2.24) is 19.7 Å². The Balaban J connectivity index is 1.60. The average molecular weight is 386 g/mol. The number of carbonyl (C=O) groups excluding carboxylic acids is 1. The first kappa shape index (κ1) is 19.0. The van der Waals surface area contributed by atoms with E-state index in [1.165, 1.54) is 16.8 Å². The van der Waals surface area contributed by atoms with Gasteiger partial charge in [-0.2, -0.15) is 5.10 Å². The number of hydrogen-bond acceptors (Lipinski definition) is 2. The van der Waals surface area contributed by atoms with Gasteiger partial charge in [0.15, 0.2) is 0 Å². The third-order valence-electron chi connectivity index (χ3n) is 5.64. The van der Waals surface area contributed by atoms with E-state index >= 15 is 0 Å². The summed E-state index contributed by atoms with van der Waals surface area (Å²) in [5.41, 5.74) is 7.51. The number of aryl methyl sites for hydroxylation is 3. The third-order valence-corrected chi connectivity index (χ3v) is 5.64. The minimum atomic E-state index is -0.0667. The van der Waals surface area contributed by atoms with Crippen molar-refractivity contribution in [3.63, 3.8) is 0 Å². The van der Waals surface area contributed by atoms with Crippen LogP contribution in [0, 0.1) is 20.8 Å². The molecule has 148 valence electrons. The Morgan fingerprint density at radius 1 is 1.07 bits per heavy atom. The van der Waals surface area contributed by atoms with Gasteiger partial charge in [-0.05, 0) is 50.1 Å². The minimum Gasteiger partial charge on any atom is -0.348 e. The number of amides is 1. The van der Waals surface area contributed by atoms with E-state index in [4.69, 9.17) is 0 Å². The molecule has 0 spiro atoms. The van der Waals surface area contributed by atoms with Crippen molar-refractivity contribution in [2.24, 2.45) is 7.05 Å². The molecule has 0 saturated carbocycles. The molecule has 4 aromatic rings. The van der Waals surface area contributed by atoms with E-state index in [-0.39, 0.29) is 5.91 Å². The van der Waals surface area contributed by atoms with E-state index < -0.39 is 0 Å². The molecular weight excluding hydrogens is 360 g/mol. The van der Waals surface area contributed by atoms with E-state index in [1.54, 1.807) is 4.68 Å². The maximum Gasteiger partial charge on any atom is 0.251 e. The summed E-state index contributed by atoms with van der Waals surface area (Å²) in [7, 11) is 1.89. The normalized spacial score (nSPS) is 11.2. The SMILES string of the molecule is Cc1nn(C)cc1CNC(=O)c1ccc2c(c1)c(C)c(C)n2Cc1ccccc1. The van der Waals surface area contributed by atoms with Gasteiger partial charge in [-0.25, -0.2) is 0 Å². The lowest BCUT2D eigenvalue weighted by atomic mass is 10.1. The molecule has 0 saturated heterocycles. The highest BCUT2D eigenvalue weighted by Crippen LogP contribution is 2.27. The summed E-state index contributed by atoms with van der Waals surface area (Å²) in [4.78, 5) is 12.7. The molecule has 0 aliphatic rings. The summed E-state index contributed by atoms with van der Waals surface area (Å²) in [6.45, 7) is 7.52. The lowest BCUT2D eigenvalue weighted by Crippen LogP contribution is -2.22. The number of carbonyl (C=O) groups is 1. The van der Waals surface area contributed by atoms with Crippen molar-refractivity contribution < 1.29 is 4.79 Å². The van der Waals surface area contributed by atoms with Crippen LogP contribution in [-0.4, -0.2) is 20.3 Å². The first-order valence-corrected chi connectivity index (χ1v) is 9.84. The topological polar surface area (TPSA) is 51.9 Å². The molecule has 0 radical (unpaired) electrons. The summed E-state index contributed by atoms with van der Waals surface area (Å²) in [5, 5.41) is 8.47. The van der Waals surface area contributed by atoms with Gasteiger partial charge in [-0.15, -0.1) is 0 Å². The fourth-order valence-electron chi connectivity index (χ4n) is 3.86. The number of fused-ring (bicyclic) bond motifs is 1. The second-order valence-electron chi connectivity index (χ2n) is 7.61. The first-order valence-electron chi connectivity index (χ1n) is 9.84. The summed E-state index contributed by atoms with van der Waals surface area (Å²) in [5.74, 6) is -0.0667. The maximum absolute atomic E-state index is 12.7. The Morgan fingerprint density at radius 2 is 1.83 bits per heavy atom. The van der Waals surface area contributed by atoms with E-state index in [2.05, 4.69) is 59.2 Å². The Hall–Kier alpha value is -3.34. The molecule has 4 rings (SSSR count). The zero-order valence-corrected chi connectivity index (χ0v) is 17.4. The van der Waals surface area contributed by atoms with Crippen molar-refractivity contribution in [2.45, 2.75) is 33.9 Å². The highest BCUT2D eigenvalue weighted by Gasteiger charge is 2.14. The van der Waals surface area contributed by atoms with Crippen LogP contribution in [0.2, 0.25) is 0 Å². The van der Waals surface area contributed by atoms with Crippen LogP contribution in [-0.2, 0) is 20.1 Å². The molecule has 0 fully saturated rings. The highest BCUT2D eigenvalue weighted by molar-refractivity contribution is 5.99. The van der Waals surface area contributed by atoms with Crippen LogP contribution in [0.5, 0.6) is 0 Å².